The highest BCUT2D eigenvalue weighted by molar-refractivity contribution is 5.85. The van der Waals surface area contributed by atoms with Gasteiger partial charge in [-0.15, -0.1) is 0 Å². The van der Waals surface area contributed by atoms with Crippen molar-refractivity contribution in [3.05, 3.63) is 29.3 Å². The fraction of sp³-hybridized carbons (Fsp3) is 0.562. The maximum Gasteiger partial charge on any atom is 0.416 e. The van der Waals surface area contributed by atoms with E-state index in [1.54, 1.807) is 0 Å². The summed E-state index contributed by atoms with van der Waals surface area (Å²) in [5.41, 5.74) is -0.0534. The highest BCUT2D eigenvalue weighted by Crippen LogP contribution is 2.33. The van der Waals surface area contributed by atoms with E-state index in [4.69, 9.17) is 0 Å². The van der Waals surface area contributed by atoms with Crippen LogP contribution in [0.3, 0.4) is 0 Å². The van der Waals surface area contributed by atoms with Crippen LogP contribution in [-0.4, -0.2) is 19.4 Å². The van der Waals surface area contributed by atoms with Gasteiger partial charge >= 0.3 is 6.18 Å². The van der Waals surface area contributed by atoms with Crippen LogP contribution >= 0.6 is 0 Å². The number of hydrogen-bond acceptors (Lipinski definition) is 2. The van der Waals surface area contributed by atoms with Crippen molar-refractivity contribution in [1.29, 1.82) is 0 Å². The van der Waals surface area contributed by atoms with Gasteiger partial charge in [-0.2, -0.15) is 13.2 Å². The lowest BCUT2D eigenvalue weighted by molar-refractivity contribution is -0.137. The van der Waals surface area contributed by atoms with Gasteiger partial charge in [-0.25, -0.2) is 0 Å². The van der Waals surface area contributed by atoms with Crippen molar-refractivity contribution in [3.8, 4) is 0 Å². The van der Waals surface area contributed by atoms with Gasteiger partial charge in [-0.1, -0.05) is 12.8 Å². The van der Waals surface area contributed by atoms with Crippen LogP contribution in [0.5, 0.6) is 0 Å². The van der Waals surface area contributed by atoms with Crippen LogP contribution in [0, 0.1) is 5.92 Å². The van der Waals surface area contributed by atoms with Crippen molar-refractivity contribution in [2.24, 2.45) is 5.92 Å². The molecule has 0 N–H and O–H groups in total. The molecule has 1 aromatic rings. The molecule has 0 atom stereocenters. The second kappa shape index (κ2) is 6.50. The van der Waals surface area contributed by atoms with Crippen molar-refractivity contribution in [3.63, 3.8) is 0 Å². The van der Waals surface area contributed by atoms with Crippen LogP contribution < -0.4 is 4.90 Å². The predicted octanol–water partition coefficient (Wildman–Crippen LogP) is 4.53. The molecule has 0 heterocycles. The quantitative estimate of drug-likeness (QED) is 0.744. The SMILES string of the molecule is CCN(CC1CCCC1)c1ccc(C(F)(F)F)cc1C=O. The number of anilines is 1. The molecule has 21 heavy (non-hydrogen) atoms. The van der Waals surface area contributed by atoms with E-state index in [0.29, 0.717) is 24.4 Å². The van der Waals surface area contributed by atoms with Gasteiger partial charge in [0.15, 0.2) is 6.29 Å². The summed E-state index contributed by atoms with van der Waals surface area (Å²) in [5, 5.41) is 0. The molecule has 1 fully saturated rings. The summed E-state index contributed by atoms with van der Waals surface area (Å²) in [5.74, 6) is 0.576. The lowest BCUT2D eigenvalue weighted by Crippen LogP contribution is -2.29. The average molecular weight is 299 g/mol. The lowest BCUT2D eigenvalue weighted by atomic mass is 10.0. The van der Waals surface area contributed by atoms with Gasteiger partial charge in [0.05, 0.1) is 5.56 Å². The second-order valence-electron chi connectivity index (χ2n) is 5.58. The minimum Gasteiger partial charge on any atom is -0.371 e. The smallest absolute Gasteiger partial charge is 0.371 e. The molecule has 2 rings (SSSR count). The average Bonchev–Trinajstić information content (AvgIpc) is 2.96. The van der Waals surface area contributed by atoms with E-state index in [9.17, 15) is 18.0 Å². The molecule has 1 aromatic carbocycles. The van der Waals surface area contributed by atoms with E-state index in [2.05, 4.69) is 0 Å². The van der Waals surface area contributed by atoms with Gasteiger partial charge in [0, 0.05) is 24.3 Å². The first kappa shape index (κ1) is 15.9. The van der Waals surface area contributed by atoms with E-state index >= 15 is 0 Å². The number of carbonyl (C=O) groups is 1. The predicted molar refractivity (Wildman–Crippen MR) is 76.7 cm³/mol. The van der Waals surface area contributed by atoms with Gasteiger partial charge in [-0.3, -0.25) is 4.79 Å². The molecule has 0 unspecified atom stereocenters. The van der Waals surface area contributed by atoms with Crippen molar-refractivity contribution < 1.29 is 18.0 Å². The molecule has 1 aliphatic carbocycles. The Labute approximate surface area is 122 Å². The van der Waals surface area contributed by atoms with Crippen LogP contribution in [-0.2, 0) is 6.18 Å². The summed E-state index contributed by atoms with van der Waals surface area (Å²) < 4.78 is 38.2. The fourth-order valence-corrected chi connectivity index (χ4v) is 3.02. The Morgan fingerprint density at radius 3 is 2.48 bits per heavy atom. The van der Waals surface area contributed by atoms with Crippen molar-refractivity contribution in [1.82, 2.24) is 0 Å². The van der Waals surface area contributed by atoms with Crippen LogP contribution in [0.25, 0.3) is 0 Å². The van der Waals surface area contributed by atoms with Crippen molar-refractivity contribution >= 4 is 12.0 Å². The molecule has 0 amide bonds. The van der Waals surface area contributed by atoms with E-state index in [1.165, 1.54) is 18.9 Å². The summed E-state index contributed by atoms with van der Waals surface area (Å²) in [7, 11) is 0. The Morgan fingerprint density at radius 2 is 1.95 bits per heavy atom. The summed E-state index contributed by atoms with van der Waals surface area (Å²) >= 11 is 0. The Morgan fingerprint density at radius 1 is 1.29 bits per heavy atom. The summed E-state index contributed by atoms with van der Waals surface area (Å²) in [6, 6.07) is 3.42. The first-order chi connectivity index (χ1) is 9.95. The minimum absolute atomic E-state index is 0.115. The molecule has 1 aliphatic rings. The van der Waals surface area contributed by atoms with Gasteiger partial charge in [0.25, 0.3) is 0 Å². The number of hydrogen-bond donors (Lipinski definition) is 0. The first-order valence-electron chi connectivity index (χ1n) is 7.37. The highest BCUT2D eigenvalue weighted by atomic mass is 19.4. The molecule has 2 nitrogen and oxygen atoms in total. The van der Waals surface area contributed by atoms with Gasteiger partial charge < -0.3 is 4.90 Å². The molecule has 0 saturated heterocycles. The Hall–Kier alpha value is -1.52. The third kappa shape index (κ3) is 3.77. The topological polar surface area (TPSA) is 20.3 Å². The largest absolute Gasteiger partial charge is 0.416 e. The third-order valence-electron chi connectivity index (χ3n) is 4.16. The third-order valence-corrected chi connectivity index (χ3v) is 4.16. The summed E-state index contributed by atoms with van der Waals surface area (Å²) in [4.78, 5) is 13.2. The number of nitrogens with zero attached hydrogens (tertiary/aromatic N) is 1. The Kier molecular flexibility index (Phi) is 4.91. The minimum atomic E-state index is -4.42. The number of alkyl halides is 3. The highest BCUT2D eigenvalue weighted by Gasteiger charge is 2.31. The number of halogens is 3. The van der Waals surface area contributed by atoms with Crippen LogP contribution in [0.1, 0.15) is 48.5 Å². The molecule has 0 aromatic heterocycles. The van der Waals surface area contributed by atoms with E-state index < -0.39 is 11.7 Å². The Balaban J connectivity index is 2.25. The fourth-order valence-electron chi connectivity index (χ4n) is 3.02. The molecule has 116 valence electrons. The molecule has 5 heteroatoms. The summed E-state index contributed by atoms with van der Waals surface area (Å²) in [6.45, 7) is 3.45. The second-order valence-corrected chi connectivity index (χ2v) is 5.58. The number of rotatable bonds is 5. The van der Waals surface area contributed by atoms with E-state index in [0.717, 1.165) is 31.5 Å². The maximum absolute atomic E-state index is 12.7. The molecule has 0 bridgehead atoms. The summed E-state index contributed by atoms with van der Waals surface area (Å²) in [6.07, 6.45) is 0.854. The first-order valence-corrected chi connectivity index (χ1v) is 7.37. The molecule has 0 radical (unpaired) electrons. The zero-order chi connectivity index (χ0) is 15.5. The molecular formula is C16H20F3NO. The number of carbonyl (C=O) groups excluding carboxylic acids is 1. The molecule has 0 aliphatic heterocycles. The lowest BCUT2D eigenvalue weighted by Gasteiger charge is -2.28. The monoisotopic (exact) mass is 299 g/mol. The van der Waals surface area contributed by atoms with Gasteiger partial charge in [-0.05, 0) is 43.9 Å². The van der Waals surface area contributed by atoms with Gasteiger partial charge in [0.2, 0.25) is 0 Å². The van der Waals surface area contributed by atoms with Gasteiger partial charge in [0.1, 0.15) is 0 Å². The van der Waals surface area contributed by atoms with E-state index in [1.807, 2.05) is 11.8 Å². The zero-order valence-electron chi connectivity index (χ0n) is 12.1. The number of benzene rings is 1. The normalized spacial score (nSPS) is 16.2. The van der Waals surface area contributed by atoms with Crippen molar-refractivity contribution in [2.45, 2.75) is 38.8 Å². The molecular weight excluding hydrogens is 279 g/mol. The maximum atomic E-state index is 12.7. The zero-order valence-corrected chi connectivity index (χ0v) is 12.1. The standard InChI is InChI=1S/C16H20F3NO/c1-2-20(10-12-5-3-4-6-12)15-8-7-14(16(17,18)19)9-13(15)11-21/h7-9,11-12H,2-6,10H2,1H3. The van der Waals surface area contributed by atoms with Crippen LogP contribution in [0.4, 0.5) is 18.9 Å². The van der Waals surface area contributed by atoms with E-state index in [-0.39, 0.29) is 5.56 Å². The van der Waals surface area contributed by atoms with Crippen LogP contribution in [0.2, 0.25) is 0 Å². The van der Waals surface area contributed by atoms with Crippen LogP contribution in [0.15, 0.2) is 18.2 Å². The molecule has 0 spiro atoms. The number of aldehydes is 1. The molecule has 1 saturated carbocycles. The Bertz CT molecular complexity index is 493. The van der Waals surface area contributed by atoms with Crippen molar-refractivity contribution in [2.75, 3.05) is 18.0 Å².